The van der Waals surface area contributed by atoms with Crippen LogP contribution in [-0.2, 0) is 10.0 Å². The molecule has 0 aliphatic heterocycles. The van der Waals surface area contributed by atoms with E-state index in [1.807, 2.05) is 0 Å². The zero-order chi connectivity index (χ0) is 14.9. The fourth-order valence-electron chi connectivity index (χ4n) is 1.55. The van der Waals surface area contributed by atoms with Crippen molar-refractivity contribution in [3.63, 3.8) is 0 Å². The van der Waals surface area contributed by atoms with Crippen LogP contribution in [0.15, 0.2) is 28.6 Å². The van der Waals surface area contributed by atoms with E-state index in [2.05, 4.69) is 9.71 Å². The topological polar surface area (TPSA) is 85.1 Å². The minimum atomic E-state index is -3.64. The van der Waals surface area contributed by atoms with Crippen LogP contribution in [-0.4, -0.2) is 18.4 Å². The molecule has 0 saturated heterocycles. The third-order valence-corrected chi connectivity index (χ3v) is 5.61. The van der Waals surface area contributed by atoms with Crippen LogP contribution >= 0.6 is 23.6 Å². The number of thiazole rings is 1. The predicted octanol–water partition coefficient (Wildman–Crippen LogP) is 2.19. The number of nitrogens with zero attached hydrogens (tertiary/aromatic N) is 1. The van der Waals surface area contributed by atoms with Gasteiger partial charge in [-0.2, -0.15) is 0 Å². The standard InChI is InChI=1S/C12H13N3O2S3/c1-7-3-4-9(12(13)18)5-10(7)15-20(16,17)11-6-14-8(2)19-11/h3-6,15H,1-2H3,(H2,13,18). The number of aromatic nitrogens is 1. The Morgan fingerprint density at radius 2 is 2.10 bits per heavy atom. The highest BCUT2D eigenvalue weighted by atomic mass is 32.2. The Morgan fingerprint density at radius 1 is 1.40 bits per heavy atom. The number of benzene rings is 1. The molecule has 5 nitrogen and oxygen atoms in total. The van der Waals surface area contributed by atoms with E-state index in [0.29, 0.717) is 16.3 Å². The molecule has 1 heterocycles. The molecule has 0 radical (unpaired) electrons. The molecule has 0 fully saturated rings. The van der Waals surface area contributed by atoms with Gasteiger partial charge in [-0.15, -0.1) is 11.3 Å². The molecular weight excluding hydrogens is 314 g/mol. The van der Waals surface area contributed by atoms with Crippen LogP contribution in [0.3, 0.4) is 0 Å². The Labute approximate surface area is 126 Å². The monoisotopic (exact) mass is 327 g/mol. The summed E-state index contributed by atoms with van der Waals surface area (Å²) in [4.78, 5) is 4.17. The van der Waals surface area contributed by atoms with Crippen molar-refractivity contribution in [2.45, 2.75) is 18.1 Å². The second-order valence-corrected chi connectivity index (χ2v) is 7.78. The fraction of sp³-hybridized carbons (Fsp3) is 0.167. The van der Waals surface area contributed by atoms with Crippen molar-refractivity contribution in [1.82, 2.24) is 4.98 Å². The third-order valence-electron chi connectivity index (χ3n) is 2.63. The summed E-state index contributed by atoms with van der Waals surface area (Å²) < 4.78 is 27.2. The van der Waals surface area contributed by atoms with Gasteiger partial charge in [0.25, 0.3) is 10.0 Å². The van der Waals surface area contributed by atoms with E-state index >= 15 is 0 Å². The Hall–Kier alpha value is -1.51. The van der Waals surface area contributed by atoms with Crippen molar-refractivity contribution in [3.8, 4) is 0 Å². The van der Waals surface area contributed by atoms with Gasteiger partial charge in [0, 0.05) is 5.56 Å². The summed E-state index contributed by atoms with van der Waals surface area (Å²) in [5.41, 5.74) is 7.42. The molecule has 0 amide bonds. The van der Waals surface area contributed by atoms with Gasteiger partial charge < -0.3 is 5.73 Å². The molecule has 0 atom stereocenters. The van der Waals surface area contributed by atoms with Gasteiger partial charge >= 0.3 is 0 Å². The molecule has 3 N–H and O–H groups in total. The first-order valence-electron chi connectivity index (χ1n) is 5.65. The summed E-state index contributed by atoms with van der Waals surface area (Å²) in [5, 5.41) is 0.694. The summed E-state index contributed by atoms with van der Waals surface area (Å²) >= 11 is 6.01. The van der Waals surface area contributed by atoms with Crippen LogP contribution < -0.4 is 10.5 Å². The van der Waals surface area contributed by atoms with E-state index in [-0.39, 0.29) is 9.20 Å². The summed E-state index contributed by atoms with van der Waals surface area (Å²) in [6.45, 7) is 3.56. The number of nitrogens with two attached hydrogens (primary N) is 1. The maximum atomic E-state index is 12.2. The van der Waals surface area contributed by atoms with Gasteiger partial charge in [0.15, 0.2) is 4.21 Å². The Kier molecular flexibility index (Phi) is 4.07. The van der Waals surface area contributed by atoms with E-state index in [1.54, 1.807) is 32.0 Å². The molecule has 0 aliphatic rings. The highest BCUT2D eigenvalue weighted by Crippen LogP contribution is 2.24. The Bertz CT molecular complexity index is 766. The van der Waals surface area contributed by atoms with Crippen molar-refractivity contribution in [3.05, 3.63) is 40.5 Å². The van der Waals surface area contributed by atoms with Gasteiger partial charge in [0.2, 0.25) is 0 Å². The average molecular weight is 327 g/mol. The second-order valence-electron chi connectivity index (χ2n) is 4.20. The quantitative estimate of drug-likeness (QED) is 0.841. The number of hydrogen-bond acceptors (Lipinski definition) is 5. The van der Waals surface area contributed by atoms with Crippen molar-refractivity contribution in [1.29, 1.82) is 0 Å². The van der Waals surface area contributed by atoms with Crippen LogP contribution in [0.5, 0.6) is 0 Å². The van der Waals surface area contributed by atoms with Gasteiger partial charge in [-0.25, -0.2) is 13.4 Å². The van der Waals surface area contributed by atoms with E-state index < -0.39 is 10.0 Å². The Morgan fingerprint density at radius 3 is 2.65 bits per heavy atom. The fourth-order valence-corrected chi connectivity index (χ4v) is 3.90. The van der Waals surface area contributed by atoms with Gasteiger partial charge in [0.1, 0.15) is 4.99 Å². The molecule has 1 aromatic carbocycles. The maximum absolute atomic E-state index is 12.2. The number of rotatable bonds is 4. The summed E-state index contributed by atoms with van der Waals surface area (Å²) in [7, 11) is -3.64. The van der Waals surface area contributed by atoms with Crippen LogP contribution in [0, 0.1) is 13.8 Å². The summed E-state index contributed by atoms with van der Waals surface area (Å²) in [6.07, 6.45) is 1.34. The second kappa shape index (κ2) is 5.47. The van der Waals surface area contributed by atoms with Crippen molar-refractivity contribution in [2.75, 3.05) is 4.72 Å². The molecule has 1 aromatic heterocycles. The molecule has 0 aliphatic carbocycles. The number of anilines is 1. The minimum absolute atomic E-state index is 0.176. The Balaban J connectivity index is 2.39. The first-order valence-corrected chi connectivity index (χ1v) is 8.36. The lowest BCUT2D eigenvalue weighted by Crippen LogP contribution is -2.14. The smallest absolute Gasteiger partial charge is 0.273 e. The highest BCUT2D eigenvalue weighted by molar-refractivity contribution is 7.94. The molecule has 0 spiro atoms. The van der Waals surface area contributed by atoms with Crippen molar-refractivity contribution in [2.24, 2.45) is 5.73 Å². The van der Waals surface area contributed by atoms with Crippen molar-refractivity contribution < 1.29 is 8.42 Å². The highest BCUT2D eigenvalue weighted by Gasteiger charge is 2.18. The molecule has 8 heteroatoms. The number of nitrogens with one attached hydrogen (secondary N) is 1. The van der Waals surface area contributed by atoms with Crippen LogP contribution in [0.25, 0.3) is 0 Å². The number of thiocarbonyl (C=S) groups is 1. The van der Waals surface area contributed by atoms with E-state index in [4.69, 9.17) is 18.0 Å². The van der Waals surface area contributed by atoms with Gasteiger partial charge in [-0.05, 0) is 25.5 Å². The van der Waals surface area contributed by atoms with Gasteiger partial charge in [-0.1, -0.05) is 24.4 Å². The molecule has 2 rings (SSSR count). The first kappa shape index (κ1) is 14.9. The summed E-state index contributed by atoms with van der Waals surface area (Å²) in [6, 6.07) is 5.15. The average Bonchev–Trinajstić information content (AvgIpc) is 2.79. The molecule has 106 valence electrons. The minimum Gasteiger partial charge on any atom is -0.389 e. The number of aryl methyl sites for hydroxylation is 2. The molecule has 20 heavy (non-hydrogen) atoms. The number of hydrogen-bond donors (Lipinski definition) is 2. The third kappa shape index (κ3) is 3.14. The van der Waals surface area contributed by atoms with Crippen molar-refractivity contribution >= 4 is 44.3 Å². The largest absolute Gasteiger partial charge is 0.389 e. The van der Waals surface area contributed by atoms with Gasteiger partial charge in [-0.3, -0.25) is 4.72 Å². The lowest BCUT2D eigenvalue weighted by atomic mass is 10.1. The zero-order valence-corrected chi connectivity index (χ0v) is 13.3. The van der Waals surface area contributed by atoms with E-state index in [9.17, 15) is 8.42 Å². The molecule has 0 unspecified atom stereocenters. The predicted molar refractivity (Wildman–Crippen MR) is 84.7 cm³/mol. The maximum Gasteiger partial charge on any atom is 0.273 e. The molecular formula is C12H13N3O2S3. The van der Waals surface area contributed by atoms with Crippen LogP contribution in [0.2, 0.25) is 0 Å². The first-order chi connectivity index (χ1) is 9.29. The van der Waals surface area contributed by atoms with Crippen LogP contribution in [0.4, 0.5) is 5.69 Å². The molecule has 0 bridgehead atoms. The van der Waals surface area contributed by atoms with E-state index in [0.717, 1.165) is 16.9 Å². The van der Waals surface area contributed by atoms with Crippen LogP contribution in [0.1, 0.15) is 16.1 Å². The lowest BCUT2D eigenvalue weighted by Gasteiger charge is -2.10. The number of sulfonamides is 1. The van der Waals surface area contributed by atoms with Gasteiger partial charge in [0.05, 0.1) is 16.9 Å². The SMILES string of the molecule is Cc1ncc(S(=O)(=O)Nc2cc(C(N)=S)ccc2C)s1. The lowest BCUT2D eigenvalue weighted by molar-refractivity contribution is 0.603. The summed E-state index contributed by atoms with van der Waals surface area (Å²) in [5.74, 6) is 0. The zero-order valence-electron chi connectivity index (χ0n) is 10.9. The molecule has 2 aromatic rings. The van der Waals surface area contributed by atoms with E-state index in [1.165, 1.54) is 6.20 Å². The molecule has 0 saturated carbocycles. The normalized spacial score (nSPS) is 11.3.